The van der Waals surface area contributed by atoms with Crippen LogP contribution in [0.15, 0.2) is 36.4 Å². The Morgan fingerprint density at radius 3 is 2.63 bits per heavy atom. The predicted molar refractivity (Wildman–Crippen MR) is 75.0 cm³/mol. The molecule has 0 unspecified atom stereocenters. The van der Waals surface area contributed by atoms with Crippen LogP contribution in [-0.4, -0.2) is 5.91 Å². The van der Waals surface area contributed by atoms with E-state index in [1.165, 1.54) is 24.3 Å². The number of hydrogen-bond donors (Lipinski definition) is 2. The summed E-state index contributed by atoms with van der Waals surface area (Å²) in [5, 5.41) is 2.96. The van der Waals surface area contributed by atoms with Crippen molar-refractivity contribution in [3.63, 3.8) is 0 Å². The summed E-state index contributed by atoms with van der Waals surface area (Å²) >= 11 is 5.95. The van der Waals surface area contributed by atoms with Crippen molar-refractivity contribution in [3.05, 3.63) is 58.4 Å². The summed E-state index contributed by atoms with van der Waals surface area (Å²) in [6.45, 7) is 1.71. The number of carbonyl (C=O) groups excluding carboxylic acids is 1. The highest BCUT2D eigenvalue weighted by molar-refractivity contribution is 6.34. The quantitative estimate of drug-likeness (QED) is 0.824. The van der Waals surface area contributed by atoms with Gasteiger partial charge in [0.05, 0.1) is 10.6 Å². The second-order valence-corrected chi connectivity index (χ2v) is 4.56. The van der Waals surface area contributed by atoms with Crippen LogP contribution in [0, 0.1) is 12.7 Å². The van der Waals surface area contributed by atoms with Gasteiger partial charge in [-0.05, 0) is 48.9 Å². The Labute approximate surface area is 115 Å². The number of carbonyl (C=O) groups is 1. The van der Waals surface area contributed by atoms with E-state index >= 15 is 0 Å². The van der Waals surface area contributed by atoms with Crippen molar-refractivity contribution in [1.82, 2.24) is 0 Å². The molecule has 0 atom stereocenters. The molecule has 0 saturated heterocycles. The van der Waals surface area contributed by atoms with Gasteiger partial charge in [-0.2, -0.15) is 0 Å². The lowest BCUT2D eigenvalue weighted by atomic mass is 10.1. The summed E-state index contributed by atoms with van der Waals surface area (Å²) in [6, 6.07) is 8.79. The molecule has 0 aliphatic heterocycles. The fraction of sp³-hybridized carbons (Fsp3) is 0.0714. The van der Waals surface area contributed by atoms with Crippen molar-refractivity contribution in [3.8, 4) is 0 Å². The van der Waals surface area contributed by atoms with Gasteiger partial charge in [-0.3, -0.25) is 4.79 Å². The van der Waals surface area contributed by atoms with E-state index in [1.807, 2.05) is 0 Å². The van der Waals surface area contributed by atoms with Crippen LogP contribution in [-0.2, 0) is 0 Å². The van der Waals surface area contributed by atoms with Crippen LogP contribution < -0.4 is 11.1 Å². The van der Waals surface area contributed by atoms with E-state index in [-0.39, 0.29) is 16.7 Å². The summed E-state index contributed by atoms with van der Waals surface area (Å²) < 4.78 is 13.0. The molecular weight excluding hydrogens is 267 g/mol. The van der Waals surface area contributed by atoms with E-state index in [9.17, 15) is 9.18 Å². The van der Waals surface area contributed by atoms with Gasteiger partial charge in [-0.25, -0.2) is 4.39 Å². The van der Waals surface area contributed by atoms with E-state index in [4.69, 9.17) is 17.3 Å². The number of anilines is 2. The lowest BCUT2D eigenvalue weighted by Crippen LogP contribution is -2.13. The van der Waals surface area contributed by atoms with E-state index < -0.39 is 0 Å². The molecule has 5 heteroatoms. The minimum absolute atomic E-state index is 0.275. The zero-order chi connectivity index (χ0) is 14.0. The molecule has 0 bridgehead atoms. The summed E-state index contributed by atoms with van der Waals surface area (Å²) in [5.41, 5.74) is 7.55. The van der Waals surface area contributed by atoms with E-state index in [1.54, 1.807) is 19.1 Å². The number of hydrogen-bond acceptors (Lipinski definition) is 2. The van der Waals surface area contributed by atoms with Crippen molar-refractivity contribution in [2.24, 2.45) is 0 Å². The molecule has 0 aliphatic carbocycles. The Morgan fingerprint density at radius 1 is 1.26 bits per heavy atom. The Morgan fingerprint density at radius 2 is 2.00 bits per heavy atom. The Bertz CT molecular complexity index is 643. The first kappa shape index (κ1) is 13.4. The van der Waals surface area contributed by atoms with Crippen LogP contribution in [0.4, 0.5) is 15.8 Å². The van der Waals surface area contributed by atoms with E-state index in [0.29, 0.717) is 22.5 Å². The average molecular weight is 279 g/mol. The Hall–Kier alpha value is -2.07. The number of nitrogens with one attached hydrogen (secondary N) is 1. The number of nitrogen functional groups attached to an aromatic ring is 1. The standard InChI is InChI=1S/C14H12ClFN2O/c1-8-6-9(16)2-5-13(8)18-14(19)11-4-3-10(17)7-12(11)15/h2-7H,17H2,1H3,(H,18,19). The second kappa shape index (κ2) is 5.28. The molecule has 2 rings (SSSR count). The number of benzene rings is 2. The molecular formula is C14H12ClFN2O. The van der Waals surface area contributed by atoms with Crippen LogP contribution in [0.1, 0.15) is 15.9 Å². The molecule has 3 N–H and O–H groups in total. The van der Waals surface area contributed by atoms with Gasteiger partial charge in [0.25, 0.3) is 5.91 Å². The molecule has 0 heterocycles. The minimum Gasteiger partial charge on any atom is -0.399 e. The number of halogens is 2. The van der Waals surface area contributed by atoms with Crippen molar-refractivity contribution in [2.45, 2.75) is 6.92 Å². The molecule has 0 fully saturated rings. The maximum absolute atomic E-state index is 13.0. The Kier molecular flexibility index (Phi) is 3.71. The second-order valence-electron chi connectivity index (χ2n) is 4.15. The zero-order valence-corrected chi connectivity index (χ0v) is 11.0. The predicted octanol–water partition coefficient (Wildman–Crippen LogP) is 3.62. The van der Waals surface area contributed by atoms with Gasteiger partial charge >= 0.3 is 0 Å². The van der Waals surface area contributed by atoms with Crippen LogP contribution in [0.2, 0.25) is 5.02 Å². The molecule has 98 valence electrons. The summed E-state index contributed by atoms with van der Waals surface area (Å²) in [4.78, 5) is 12.1. The third kappa shape index (κ3) is 3.03. The van der Waals surface area contributed by atoms with Gasteiger partial charge in [0.2, 0.25) is 0 Å². The first-order valence-electron chi connectivity index (χ1n) is 5.60. The van der Waals surface area contributed by atoms with Crippen molar-refractivity contribution >= 4 is 28.9 Å². The van der Waals surface area contributed by atoms with Gasteiger partial charge in [-0.15, -0.1) is 0 Å². The SMILES string of the molecule is Cc1cc(F)ccc1NC(=O)c1ccc(N)cc1Cl. The fourth-order valence-corrected chi connectivity index (χ4v) is 1.95. The highest BCUT2D eigenvalue weighted by Gasteiger charge is 2.12. The number of aryl methyl sites for hydroxylation is 1. The molecule has 0 radical (unpaired) electrons. The molecule has 1 amide bonds. The molecule has 0 aliphatic rings. The van der Waals surface area contributed by atoms with Gasteiger partial charge in [-0.1, -0.05) is 11.6 Å². The number of rotatable bonds is 2. The van der Waals surface area contributed by atoms with Crippen LogP contribution in [0.3, 0.4) is 0 Å². The highest BCUT2D eigenvalue weighted by atomic mass is 35.5. The molecule has 0 spiro atoms. The number of amides is 1. The molecule has 2 aromatic rings. The zero-order valence-electron chi connectivity index (χ0n) is 10.2. The molecule has 2 aromatic carbocycles. The van der Waals surface area contributed by atoms with E-state index in [2.05, 4.69) is 5.32 Å². The van der Waals surface area contributed by atoms with Gasteiger partial charge in [0, 0.05) is 11.4 Å². The average Bonchev–Trinajstić information content (AvgIpc) is 2.32. The molecule has 19 heavy (non-hydrogen) atoms. The van der Waals surface area contributed by atoms with Crippen LogP contribution in [0.25, 0.3) is 0 Å². The molecule has 0 saturated carbocycles. The van der Waals surface area contributed by atoms with Crippen molar-refractivity contribution in [1.29, 1.82) is 0 Å². The third-order valence-corrected chi connectivity index (χ3v) is 2.99. The van der Waals surface area contributed by atoms with Gasteiger partial charge < -0.3 is 11.1 Å². The Balaban J connectivity index is 2.25. The number of nitrogens with two attached hydrogens (primary N) is 1. The van der Waals surface area contributed by atoms with Crippen LogP contribution in [0.5, 0.6) is 0 Å². The van der Waals surface area contributed by atoms with Crippen molar-refractivity contribution in [2.75, 3.05) is 11.1 Å². The maximum Gasteiger partial charge on any atom is 0.257 e. The summed E-state index contributed by atoms with van der Waals surface area (Å²) in [7, 11) is 0. The van der Waals surface area contributed by atoms with Gasteiger partial charge in [0.1, 0.15) is 5.82 Å². The largest absolute Gasteiger partial charge is 0.399 e. The van der Waals surface area contributed by atoms with Crippen LogP contribution >= 0.6 is 11.6 Å². The fourth-order valence-electron chi connectivity index (χ4n) is 1.67. The third-order valence-electron chi connectivity index (χ3n) is 2.67. The minimum atomic E-state index is -0.361. The van der Waals surface area contributed by atoms with Crippen molar-refractivity contribution < 1.29 is 9.18 Å². The highest BCUT2D eigenvalue weighted by Crippen LogP contribution is 2.22. The normalized spacial score (nSPS) is 10.3. The van der Waals surface area contributed by atoms with E-state index in [0.717, 1.165) is 0 Å². The maximum atomic E-state index is 13.0. The van der Waals surface area contributed by atoms with Gasteiger partial charge in [0.15, 0.2) is 0 Å². The molecule has 0 aromatic heterocycles. The summed E-state index contributed by atoms with van der Waals surface area (Å²) in [5.74, 6) is -0.708. The molecule has 3 nitrogen and oxygen atoms in total. The lowest BCUT2D eigenvalue weighted by Gasteiger charge is -2.09. The monoisotopic (exact) mass is 278 g/mol. The first-order chi connectivity index (χ1) is 8.97. The first-order valence-corrected chi connectivity index (χ1v) is 5.97. The summed E-state index contributed by atoms with van der Waals surface area (Å²) in [6.07, 6.45) is 0. The topological polar surface area (TPSA) is 55.1 Å². The smallest absolute Gasteiger partial charge is 0.257 e. The lowest BCUT2D eigenvalue weighted by molar-refractivity contribution is 0.102.